The van der Waals surface area contributed by atoms with Gasteiger partial charge in [-0.05, 0) is 110 Å². The second-order valence-electron chi connectivity index (χ2n) is 20.3. The van der Waals surface area contributed by atoms with Crippen LogP contribution >= 0.6 is 0 Å². The molecule has 11 atom stereocenters. The van der Waals surface area contributed by atoms with E-state index in [1.807, 2.05) is 6.92 Å². The third-order valence-electron chi connectivity index (χ3n) is 17.6. The maximum absolute atomic E-state index is 14.2. The van der Waals surface area contributed by atoms with Gasteiger partial charge in [-0.25, -0.2) is 0 Å². The Labute approximate surface area is 312 Å². The largest absolute Gasteiger partial charge is 0.461 e. The summed E-state index contributed by atoms with van der Waals surface area (Å²) in [6, 6.07) is 0. The summed E-state index contributed by atoms with van der Waals surface area (Å²) in [6.07, 6.45) is 25.3. The number of fused-ring (bicyclic) bond motifs is 5. The summed E-state index contributed by atoms with van der Waals surface area (Å²) in [6.45, 7) is 21.1. The lowest BCUT2D eigenvalue weighted by molar-refractivity contribution is -0.247. The lowest BCUT2D eigenvalue weighted by Crippen LogP contribution is -2.67. The Kier molecular flexibility index (Phi) is 11.3. The molecule has 1 N–H and O–H groups in total. The molecule has 290 valence electrons. The Morgan fingerprint density at radius 3 is 2.00 bits per heavy atom. The van der Waals surface area contributed by atoms with E-state index in [0.29, 0.717) is 30.6 Å². The molecule has 1 aliphatic heterocycles. The molecule has 0 aromatic heterocycles. The van der Waals surface area contributed by atoms with Crippen LogP contribution in [0.2, 0.25) is 0 Å². The number of ether oxygens (including phenoxy) is 2. The Bertz CT molecular complexity index is 1290. The van der Waals surface area contributed by atoms with Crippen LogP contribution in [-0.2, 0) is 19.1 Å². The molecule has 0 radical (unpaired) electrons. The van der Waals surface area contributed by atoms with E-state index in [9.17, 15) is 14.7 Å². The minimum absolute atomic E-state index is 0.0100. The van der Waals surface area contributed by atoms with Gasteiger partial charge in [0.15, 0.2) is 0 Å². The fourth-order valence-electron chi connectivity index (χ4n) is 14.5. The van der Waals surface area contributed by atoms with Gasteiger partial charge in [0.05, 0.1) is 6.10 Å². The molecule has 2 bridgehead atoms. The third-order valence-corrected chi connectivity index (χ3v) is 17.6. The molecule has 1 saturated heterocycles. The van der Waals surface area contributed by atoms with E-state index in [-0.39, 0.29) is 45.6 Å². The van der Waals surface area contributed by atoms with Gasteiger partial charge < -0.3 is 14.6 Å². The van der Waals surface area contributed by atoms with E-state index in [4.69, 9.17) is 9.47 Å². The number of hydrogen-bond donors (Lipinski definition) is 1. The van der Waals surface area contributed by atoms with Crippen LogP contribution in [0.1, 0.15) is 196 Å². The van der Waals surface area contributed by atoms with Crippen LogP contribution in [0.25, 0.3) is 0 Å². The summed E-state index contributed by atoms with van der Waals surface area (Å²) in [5.41, 5.74) is -0.239. The minimum atomic E-state index is -0.754. The first kappa shape index (κ1) is 39.3. The molecule has 5 saturated carbocycles. The molecule has 5 nitrogen and oxygen atoms in total. The number of carbonyl (C=O) groups is 2. The second-order valence-corrected chi connectivity index (χ2v) is 20.3. The van der Waals surface area contributed by atoms with Crippen molar-refractivity contribution in [2.24, 2.45) is 50.7 Å². The molecule has 0 unspecified atom stereocenters. The first-order valence-electron chi connectivity index (χ1n) is 21.9. The van der Waals surface area contributed by atoms with Crippen LogP contribution in [0.4, 0.5) is 0 Å². The average Bonchev–Trinajstić information content (AvgIpc) is 3.50. The highest BCUT2D eigenvalue weighted by Gasteiger charge is 2.82. The summed E-state index contributed by atoms with van der Waals surface area (Å²) < 4.78 is 12.9. The van der Waals surface area contributed by atoms with Crippen LogP contribution in [0.3, 0.4) is 0 Å². The van der Waals surface area contributed by atoms with Crippen LogP contribution in [0, 0.1) is 50.7 Å². The number of unbranched alkanes of at least 4 members (excludes halogenated alkanes) is 12. The SMILES string of the molecule is C=C(C)[C@@]12C[C@@H](OC(=O)CCCCCCCCCCCCCCC)[C@]3(CC[C@]4(C)[C@H](CC[C@@H]5[C@@]6(C)CC[C@@H](O)C(C)(C)[C@@H]6CC[C@]54C)[C@H]31)C(=O)O2. The van der Waals surface area contributed by atoms with Crippen molar-refractivity contribution in [3.05, 3.63) is 12.2 Å². The summed E-state index contributed by atoms with van der Waals surface area (Å²) in [5, 5.41) is 11.1. The van der Waals surface area contributed by atoms with Gasteiger partial charge in [0.2, 0.25) is 0 Å². The van der Waals surface area contributed by atoms with Crippen molar-refractivity contribution in [1.29, 1.82) is 0 Å². The Morgan fingerprint density at radius 2 is 1.39 bits per heavy atom. The number of aliphatic hydroxyl groups excluding tert-OH is 1. The van der Waals surface area contributed by atoms with Gasteiger partial charge in [0.1, 0.15) is 17.1 Å². The number of carbonyl (C=O) groups excluding carboxylic acids is 2. The van der Waals surface area contributed by atoms with Crippen molar-refractivity contribution < 1.29 is 24.2 Å². The zero-order valence-electron chi connectivity index (χ0n) is 34.0. The summed E-state index contributed by atoms with van der Waals surface area (Å²) in [5.74, 6) is 1.18. The number of rotatable bonds is 16. The smallest absolute Gasteiger partial charge is 0.317 e. The summed E-state index contributed by atoms with van der Waals surface area (Å²) in [4.78, 5) is 27.6. The minimum Gasteiger partial charge on any atom is -0.461 e. The van der Waals surface area contributed by atoms with Gasteiger partial charge in [0, 0.05) is 18.8 Å². The van der Waals surface area contributed by atoms with Crippen LogP contribution in [-0.4, -0.2) is 34.9 Å². The zero-order valence-corrected chi connectivity index (χ0v) is 34.0. The molecule has 0 aromatic carbocycles. The maximum atomic E-state index is 14.2. The fourth-order valence-corrected chi connectivity index (χ4v) is 14.5. The highest BCUT2D eigenvalue weighted by Crippen LogP contribution is 2.80. The highest BCUT2D eigenvalue weighted by atomic mass is 16.6. The van der Waals surface area contributed by atoms with Crippen molar-refractivity contribution >= 4 is 11.9 Å². The van der Waals surface area contributed by atoms with E-state index < -0.39 is 17.1 Å². The molecule has 6 aliphatic rings. The van der Waals surface area contributed by atoms with Gasteiger partial charge in [0.25, 0.3) is 0 Å². The van der Waals surface area contributed by atoms with Crippen molar-refractivity contribution in [2.75, 3.05) is 0 Å². The molecule has 6 rings (SSSR count). The fraction of sp³-hybridized carbons (Fsp3) is 0.913. The first-order chi connectivity index (χ1) is 24.1. The summed E-state index contributed by atoms with van der Waals surface area (Å²) in [7, 11) is 0. The Balaban J connectivity index is 1.08. The van der Waals surface area contributed by atoms with Crippen molar-refractivity contribution in [3.8, 4) is 0 Å². The second kappa shape index (κ2) is 14.7. The standard InChI is InChI=1S/C46H76O5/c1-9-10-11-12-13-14-15-16-17-18-19-20-21-22-38(48)50-37-31-46(32(2)3)39-33-23-24-35-42(6)27-26-36(47)41(4,5)34(42)25-28-44(35,8)43(33,7)29-30-45(37,39)40(49)51-46/h33-37,39,47H,2,9-31H2,1,3-8H3/t33-,34+,35-,36-,37-,39-,42+,43-,44-,45+,46+/m1/s1. The Hall–Kier alpha value is -1.36. The molecule has 0 amide bonds. The van der Waals surface area contributed by atoms with Crippen molar-refractivity contribution in [1.82, 2.24) is 0 Å². The Morgan fingerprint density at radius 1 is 0.784 bits per heavy atom. The molecule has 5 aliphatic carbocycles. The predicted octanol–water partition coefficient (Wildman–Crippen LogP) is 11.7. The molecule has 51 heavy (non-hydrogen) atoms. The van der Waals surface area contributed by atoms with E-state index in [1.54, 1.807) is 0 Å². The van der Waals surface area contributed by atoms with Gasteiger partial charge in [-0.3, -0.25) is 9.59 Å². The predicted molar refractivity (Wildman–Crippen MR) is 206 cm³/mol. The highest BCUT2D eigenvalue weighted by molar-refractivity contribution is 5.85. The molecule has 6 fully saturated rings. The lowest BCUT2D eigenvalue weighted by atomic mass is 9.32. The van der Waals surface area contributed by atoms with Crippen molar-refractivity contribution in [3.63, 3.8) is 0 Å². The van der Waals surface area contributed by atoms with Gasteiger partial charge in [-0.1, -0.05) is 125 Å². The van der Waals surface area contributed by atoms with E-state index in [1.165, 1.54) is 77.0 Å². The van der Waals surface area contributed by atoms with Crippen LogP contribution in [0.15, 0.2) is 12.2 Å². The molecule has 5 heteroatoms. The first-order valence-corrected chi connectivity index (χ1v) is 21.9. The van der Waals surface area contributed by atoms with Crippen LogP contribution in [0.5, 0.6) is 0 Å². The zero-order chi connectivity index (χ0) is 36.9. The average molecular weight is 709 g/mol. The number of esters is 2. The monoisotopic (exact) mass is 709 g/mol. The normalized spacial score (nSPS) is 43.4. The van der Waals surface area contributed by atoms with Gasteiger partial charge >= 0.3 is 11.9 Å². The van der Waals surface area contributed by atoms with Gasteiger partial charge in [-0.2, -0.15) is 0 Å². The topological polar surface area (TPSA) is 72.8 Å². The maximum Gasteiger partial charge on any atom is 0.317 e. The number of aliphatic hydroxyl groups is 1. The van der Waals surface area contributed by atoms with E-state index >= 15 is 0 Å². The van der Waals surface area contributed by atoms with E-state index in [2.05, 4.69) is 48.1 Å². The molecular formula is C46H76O5. The lowest BCUT2D eigenvalue weighted by Gasteiger charge is -2.72. The van der Waals surface area contributed by atoms with Crippen LogP contribution < -0.4 is 0 Å². The quantitative estimate of drug-likeness (QED) is 0.0981. The molecular weight excluding hydrogens is 633 g/mol. The van der Waals surface area contributed by atoms with E-state index in [0.717, 1.165) is 63.4 Å². The molecule has 0 aromatic rings. The molecule has 1 heterocycles. The van der Waals surface area contributed by atoms with Gasteiger partial charge in [-0.15, -0.1) is 0 Å². The summed E-state index contributed by atoms with van der Waals surface area (Å²) >= 11 is 0. The molecule has 0 spiro atoms. The number of hydrogen-bond acceptors (Lipinski definition) is 5. The van der Waals surface area contributed by atoms with Crippen molar-refractivity contribution in [2.45, 2.75) is 214 Å². The third kappa shape index (κ3) is 6.20.